The van der Waals surface area contributed by atoms with Crippen LogP contribution in [0.5, 0.6) is 0 Å². The standard InChI is InChI=1S/C86H77BN2/c1-56(2)62-43-46-70(75(51-62)57(3)4)67-54-80-82-81(55-67)89(84-73(60-31-19-13-20-32-60)41-26-42-74(84)61-33-21-14-22-34-61)79-48-45-66(64-36-24-38-69(50-64)86(8,9)10)53-77(79)87(82)76-52-65(63-35-23-37-68(49-63)85(5,6)7)44-47-78(76)88(80)83-71(58-27-15-11-16-28-58)39-25-40-72(83)59-29-17-12-18-30-59/h11-57H,1-10H3/i25D,26D,39D,40D,41D,42D. The van der Waals surface area contributed by atoms with E-state index in [1.807, 2.05) is 121 Å². The first-order chi connectivity index (χ1) is 45.6. The fourth-order valence-electron chi connectivity index (χ4n) is 13.5. The van der Waals surface area contributed by atoms with E-state index in [-0.39, 0.29) is 58.9 Å². The summed E-state index contributed by atoms with van der Waals surface area (Å²) < 4.78 is 60.8. The molecule has 0 amide bonds. The highest BCUT2D eigenvalue weighted by Crippen LogP contribution is 2.54. The molecule has 0 fully saturated rings. The fraction of sp³-hybridized carbons (Fsp3) is 0.163. The third-order valence-corrected chi connectivity index (χ3v) is 18.3. The van der Waals surface area contributed by atoms with Gasteiger partial charge in [0, 0.05) is 45.0 Å². The SMILES string of the molecule is [2H]c1c([2H])c(-c2ccccc2)c(N2c3ccc(-c4cccc(C(C)(C)C)c4)cc3B3c4cc(-c5cccc(C(C)(C)C)c5)ccc4N(c4c(-c5ccccc5)c([2H])c([2H])c([2H])c4-c4ccccc4)c4cc(-c5ccc(C(C)C)cc5C(C)C)cc2c43)c(-c2ccccc2)c1[2H]. The minimum absolute atomic E-state index is 0.0536. The van der Waals surface area contributed by atoms with E-state index in [1.165, 1.54) is 22.3 Å². The first kappa shape index (κ1) is 50.3. The van der Waals surface area contributed by atoms with Crippen LogP contribution in [0.2, 0.25) is 0 Å². The average Bonchev–Trinajstić information content (AvgIpc) is 0.685. The summed E-state index contributed by atoms with van der Waals surface area (Å²) in [6.45, 7) is 22.0. The van der Waals surface area contributed by atoms with Crippen molar-refractivity contribution in [1.82, 2.24) is 0 Å². The van der Waals surface area contributed by atoms with Gasteiger partial charge in [0.05, 0.1) is 19.6 Å². The Hall–Kier alpha value is -9.70. The number of benzene rings is 12. The van der Waals surface area contributed by atoms with Crippen molar-refractivity contribution in [1.29, 1.82) is 0 Å². The molecule has 2 aliphatic heterocycles. The lowest BCUT2D eigenvalue weighted by Crippen LogP contribution is -2.61. The zero-order chi connectivity index (χ0) is 66.5. The van der Waals surface area contributed by atoms with Crippen LogP contribution in [0.3, 0.4) is 0 Å². The van der Waals surface area contributed by atoms with Crippen LogP contribution < -0.4 is 26.2 Å². The lowest BCUT2D eigenvalue weighted by atomic mass is 9.33. The Balaban J connectivity index is 1.23. The molecular formula is C86H77BN2. The van der Waals surface area contributed by atoms with E-state index in [2.05, 4.69) is 194 Å². The topological polar surface area (TPSA) is 6.48 Å². The van der Waals surface area contributed by atoms with Crippen molar-refractivity contribution in [3.05, 3.63) is 295 Å². The summed E-state index contributed by atoms with van der Waals surface area (Å²) in [6.07, 6.45) is 0. The molecular weight excluding hydrogens is 1070 g/mol. The zero-order valence-electron chi connectivity index (χ0n) is 58.6. The average molecular weight is 1160 g/mol. The second-order valence-corrected chi connectivity index (χ2v) is 26.8. The molecule has 0 saturated carbocycles. The van der Waals surface area contributed by atoms with Crippen molar-refractivity contribution in [2.75, 3.05) is 9.80 Å². The molecule has 12 aromatic carbocycles. The van der Waals surface area contributed by atoms with Gasteiger partial charge in [0.25, 0.3) is 6.71 Å². The smallest absolute Gasteiger partial charge is 0.252 e. The van der Waals surface area contributed by atoms with Gasteiger partial charge in [-0.05, 0) is 141 Å². The van der Waals surface area contributed by atoms with Gasteiger partial charge in [-0.2, -0.15) is 0 Å². The lowest BCUT2D eigenvalue weighted by molar-refractivity contribution is 0.590. The first-order valence-electron chi connectivity index (χ1n) is 34.5. The van der Waals surface area contributed by atoms with Gasteiger partial charge in [-0.3, -0.25) is 0 Å². The van der Waals surface area contributed by atoms with Crippen LogP contribution in [0.1, 0.15) is 112 Å². The largest absolute Gasteiger partial charge is 0.310 e. The molecule has 2 aliphatic rings. The van der Waals surface area contributed by atoms with E-state index >= 15 is 0 Å². The molecule has 14 rings (SSSR count). The van der Waals surface area contributed by atoms with Crippen LogP contribution in [-0.2, 0) is 10.8 Å². The van der Waals surface area contributed by atoms with Gasteiger partial charge >= 0.3 is 0 Å². The van der Waals surface area contributed by atoms with Gasteiger partial charge in [0.15, 0.2) is 0 Å². The molecule has 0 bridgehead atoms. The molecule has 3 heteroatoms. The summed E-state index contributed by atoms with van der Waals surface area (Å²) in [4.78, 5) is 4.66. The maximum Gasteiger partial charge on any atom is 0.252 e. The molecule has 2 heterocycles. The normalized spacial score (nSPS) is 13.7. The quantitative estimate of drug-likeness (QED) is 0.119. The number of hydrogen-bond donors (Lipinski definition) is 0. The number of hydrogen-bond acceptors (Lipinski definition) is 2. The Morgan fingerprint density at radius 2 is 0.697 bits per heavy atom. The minimum atomic E-state index is -0.487. The van der Waals surface area contributed by atoms with Gasteiger partial charge in [0.1, 0.15) is 0 Å². The second kappa shape index (κ2) is 22.8. The maximum atomic E-state index is 10.3. The number of para-hydroxylation sites is 2. The Morgan fingerprint density at radius 3 is 1.06 bits per heavy atom. The monoisotopic (exact) mass is 1150 g/mol. The molecule has 434 valence electrons. The number of nitrogens with zero attached hydrogens (tertiary/aromatic N) is 2. The van der Waals surface area contributed by atoms with E-state index in [0.717, 1.165) is 94.8 Å². The van der Waals surface area contributed by atoms with Crippen LogP contribution in [0.25, 0.3) is 77.9 Å². The molecule has 0 unspecified atom stereocenters. The zero-order valence-corrected chi connectivity index (χ0v) is 52.6. The number of fused-ring (bicyclic) bond motifs is 4. The summed E-state index contributed by atoms with van der Waals surface area (Å²) in [5, 5.41) is 0. The molecule has 0 atom stereocenters. The van der Waals surface area contributed by atoms with E-state index in [4.69, 9.17) is 0 Å². The number of anilines is 6. The van der Waals surface area contributed by atoms with Crippen LogP contribution in [0.4, 0.5) is 34.1 Å². The highest BCUT2D eigenvalue weighted by Gasteiger charge is 2.46. The summed E-state index contributed by atoms with van der Waals surface area (Å²) >= 11 is 0. The van der Waals surface area contributed by atoms with Crippen molar-refractivity contribution in [2.24, 2.45) is 0 Å². The highest BCUT2D eigenvalue weighted by molar-refractivity contribution is 7.00. The molecule has 0 radical (unpaired) electrons. The Kier molecular flexibility index (Phi) is 12.9. The summed E-state index contributed by atoms with van der Waals surface area (Å²) in [7, 11) is 0. The first-order valence-corrected chi connectivity index (χ1v) is 31.5. The summed E-state index contributed by atoms with van der Waals surface area (Å²) in [5.41, 5.74) is 23.3. The van der Waals surface area contributed by atoms with Crippen LogP contribution >= 0.6 is 0 Å². The van der Waals surface area contributed by atoms with E-state index in [1.54, 1.807) is 0 Å². The molecule has 0 saturated heterocycles. The second-order valence-electron chi connectivity index (χ2n) is 26.8. The van der Waals surface area contributed by atoms with Crippen molar-refractivity contribution >= 4 is 57.2 Å². The Labute approximate surface area is 537 Å². The van der Waals surface area contributed by atoms with Gasteiger partial charge in [0.2, 0.25) is 0 Å². The van der Waals surface area contributed by atoms with Crippen molar-refractivity contribution < 1.29 is 8.22 Å². The molecule has 0 N–H and O–H groups in total. The number of rotatable bonds is 11. The van der Waals surface area contributed by atoms with Crippen molar-refractivity contribution in [2.45, 2.75) is 91.9 Å². The maximum absolute atomic E-state index is 10.3. The summed E-state index contributed by atoms with van der Waals surface area (Å²) in [6, 6.07) is 82.4. The molecule has 0 aromatic heterocycles. The van der Waals surface area contributed by atoms with Gasteiger partial charge in [-0.1, -0.05) is 318 Å². The third kappa shape index (κ3) is 10.4. The van der Waals surface area contributed by atoms with Gasteiger partial charge < -0.3 is 9.80 Å². The molecule has 2 nitrogen and oxygen atoms in total. The van der Waals surface area contributed by atoms with E-state index < -0.39 is 6.71 Å². The molecule has 0 spiro atoms. The van der Waals surface area contributed by atoms with Crippen LogP contribution in [0, 0.1) is 0 Å². The lowest BCUT2D eigenvalue weighted by Gasteiger charge is -2.46. The predicted molar refractivity (Wildman–Crippen MR) is 384 cm³/mol. The van der Waals surface area contributed by atoms with Crippen molar-refractivity contribution in [3.8, 4) is 77.9 Å². The van der Waals surface area contributed by atoms with E-state index in [0.29, 0.717) is 33.6 Å². The molecule has 12 aromatic rings. The molecule has 89 heavy (non-hydrogen) atoms. The predicted octanol–water partition coefficient (Wildman–Crippen LogP) is 22.3. The van der Waals surface area contributed by atoms with Gasteiger partial charge in [-0.15, -0.1) is 0 Å². The van der Waals surface area contributed by atoms with Crippen molar-refractivity contribution in [3.63, 3.8) is 0 Å². The fourth-order valence-corrected chi connectivity index (χ4v) is 13.5. The minimum Gasteiger partial charge on any atom is -0.310 e. The molecule has 0 aliphatic carbocycles. The third-order valence-electron chi connectivity index (χ3n) is 18.3. The van der Waals surface area contributed by atoms with Crippen LogP contribution in [0.15, 0.2) is 273 Å². The van der Waals surface area contributed by atoms with E-state index in [9.17, 15) is 8.22 Å². The Morgan fingerprint density at radius 1 is 0.326 bits per heavy atom. The summed E-state index contributed by atoms with van der Waals surface area (Å²) in [5.74, 6) is 0.374. The highest BCUT2D eigenvalue weighted by atomic mass is 15.2. The van der Waals surface area contributed by atoms with Crippen LogP contribution in [-0.4, -0.2) is 6.71 Å². The van der Waals surface area contributed by atoms with Gasteiger partial charge in [-0.25, -0.2) is 0 Å². The Bertz CT molecular complexity index is 4580.